The molecule has 2 N–H and O–H groups in total. The number of carbonyl (C=O) groups excluding carboxylic acids is 1. The first-order valence-corrected chi connectivity index (χ1v) is 6.62. The Morgan fingerprint density at radius 1 is 1.37 bits per heavy atom. The van der Waals surface area contributed by atoms with Crippen LogP contribution in [0.25, 0.3) is 0 Å². The quantitative estimate of drug-likeness (QED) is 0.843. The standard InChI is InChI=1S/C14H18ClNO3/c1-3-4-5-12(14(18)19)16-13(17)10-6-9(2)7-11(15)8-10/h6-8,12H,3-5H2,1-2H3,(H,16,17)(H,18,19). The maximum Gasteiger partial charge on any atom is 0.326 e. The van der Waals surface area contributed by atoms with Gasteiger partial charge >= 0.3 is 5.97 Å². The van der Waals surface area contributed by atoms with E-state index in [1.807, 2.05) is 13.8 Å². The Labute approximate surface area is 117 Å². The van der Waals surface area contributed by atoms with Crippen LogP contribution in [0, 0.1) is 6.92 Å². The Bertz CT molecular complexity index is 454. The van der Waals surface area contributed by atoms with Gasteiger partial charge in [-0.3, -0.25) is 4.79 Å². The second-order valence-corrected chi connectivity index (χ2v) is 4.96. The first-order chi connectivity index (χ1) is 8.93. The molecule has 0 bridgehead atoms. The zero-order valence-electron chi connectivity index (χ0n) is 11.1. The molecule has 5 heteroatoms. The second kappa shape index (κ2) is 7.14. The van der Waals surface area contributed by atoms with Crippen molar-refractivity contribution in [1.29, 1.82) is 0 Å². The molecule has 0 saturated carbocycles. The van der Waals surface area contributed by atoms with E-state index in [-0.39, 0.29) is 0 Å². The first kappa shape index (κ1) is 15.5. The average Bonchev–Trinajstić information content (AvgIpc) is 2.32. The van der Waals surface area contributed by atoms with E-state index < -0.39 is 17.9 Å². The van der Waals surface area contributed by atoms with Gasteiger partial charge in [0.15, 0.2) is 0 Å². The normalized spacial score (nSPS) is 11.9. The van der Waals surface area contributed by atoms with E-state index in [1.54, 1.807) is 12.1 Å². The lowest BCUT2D eigenvalue weighted by atomic mass is 10.1. The van der Waals surface area contributed by atoms with Crippen molar-refractivity contribution in [3.05, 3.63) is 34.3 Å². The molecule has 1 unspecified atom stereocenters. The summed E-state index contributed by atoms with van der Waals surface area (Å²) in [5.74, 6) is -1.42. The van der Waals surface area contributed by atoms with Gasteiger partial charge in [0.25, 0.3) is 5.91 Å². The monoisotopic (exact) mass is 283 g/mol. The summed E-state index contributed by atoms with van der Waals surface area (Å²) >= 11 is 5.88. The zero-order chi connectivity index (χ0) is 14.4. The highest BCUT2D eigenvalue weighted by molar-refractivity contribution is 6.31. The number of halogens is 1. The number of aliphatic carboxylic acids is 1. The molecule has 0 aliphatic heterocycles. The third-order valence-corrected chi connectivity index (χ3v) is 2.97. The number of hydrogen-bond donors (Lipinski definition) is 2. The average molecular weight is 284 g/mol. The summed E-state index contributed by atoms with van der Waals surface area (Å²) in [5, 5.41) is 12.1. The van der Waals surface area contributed by atoms with E-state index in [0.717, 1.165) is 18.4 Å². The summed E-state index contributed by atoms with van der Waals surface area (Å²) < 4.78 is 0. The van der Waals surface area contributed by atoms with E-state index in [2.05, 4.69) is 5.32 Å². The third kappa shape index (κ3) is 4.91. The largest absolute Gasteiger partial charge is 0.480 e. The van der Waals surface area contributed by atoms with Gasteiger partial charge in [-0.15, -0.1) is 0 Å². The zero-order valence-corrected chi connectivity index (χ0v) is 11.8. The van der Waals surface area contributed by atoms with Crippen molar-refractivity contribution in [3.63, 3.8) is 0 Å². The van der Waals surface area contributed by atoms with Crippen molar-refractivity contribution in [3.8, 4) is 0 Å². The van der Waals surface area contributed by atoms with Crippen LogP contribution >= 0.6 is 11.6 Å². The lowest BCUT2D eigenvalue weighted by Crippen LogP contribution is -2.40. The van der Waals surface area contributed by atoms with Gasteiger partial charge in [-0.2, -0.15) is 0 Å². The predicted octanol–water partition coefficient (Wildman–Crippen LogP) is 3.02. The van der Waals surface area contributed by atoms with Crippen LogP contribution in [0.2, 0.25) is 5.02 Å². The fourth-order valence-corrected chi connectivity index (χ4v) is 2.06. The molecule has 0 radical (unpaired) electrons. The van der Waals surface area contributed by atoms with Crippen LogP contribution in [-0.4, -0.2) is 23.0 Å². The molecule has 0 spiro atoms. The predicted molar refractivity (Wildman–Crippen MR) is 74.6 cm³/mol. The number of unbranched alkanes of at least 4 members (excludes halogenated alkanes) is 1. The van der Waals surface area contributed by atoms with Crippen LogP contribution in [0.3, 0.4) is 0 Å². The number of benzene rings is 1. The number of carbonyl (C=O) groups is 2. The molecule has 1 aromatic rings. The van der Waals surface area contributed by atoms with E-state index in [1.165, 1.54) is 6.07 Å². The minimum Gasteiger partial charge on any atom is -0.480 e. The van der Waals surface area contributed by atoms with Gasteiger partial charge < -0.3 is 10.4 Å². The molecule has 1 rings (SSSR count). The summed E-state index contributed by atoms with van der Waals surface area (Å²) in [6.45, 7) is 3.80. The maximum atomic E-state index is 12.0. The summed E-state index contributed by atoms with van der Waals surface area (Å²) in [7, 11) is 0. The third-order valence-electron chi connectivity index (χ3n) is 2.75. The van der Waals surface area contributed by atoms with Gasteiger partial charge in [0.2, 0.25) is 0 Å². The van der Waals surface area contributed by atoms with Gasteiger partial charge in [-0.05, 0) is 37.1 Å². The molecule has 0 fully saturated rings. The van der Waals surface area contributed by atoms with Crippen molar-refractivity contribution in [1.82, 2.24) is 5.32 Å². The molecular weight excluding hydrogens is 266 g/mol. The Balaban J connectivity index is 2.78. The van der Waals surface area contributed by atoms with E-state index in [0.29, 0.717) is 17.0 Å². The molecule has 104 valence electrons. The number of nitrogens with one attached hydrogen (secondary N) is 1. The Kier molecular flexibility index (Phi) is 5.83. The van der Waals surface area contributed by atoms with Crippen LogP contribution in [0.5, 0.6) is 0 Å². The Hall–Kier alpha value is -1.55. The fraction of sp³-hybridized carbons (Fsp3) is 0.429. The van der Waals surface area contributed by atoms with Crippen molar-refractivity contribution >= 4 is 23.5 Å². The molecule has 1 aromatic carbocycles. The Morgan fingerprint density at radius 2 is 2.05 bits per heavy atom. The lowest BCUT2D eigenvalue weighted by Gasteiger charge is -2.14. The molecular formula is C14H18ClNO3. The van der Waals surface area contributed by atoms with Crippen LogP contribution in [0.4, 0.5) is 0 Å². The SMILES string of the molecule is CCCCC(NC(=O)c1cc(C)cc(Cl)c1)C(=O)O. The molecule has 0 heterocycles. The first-order valence-electron chi connectivity index (χ1n) is 6.25. The summed E-state index contributed by atoms with van der Waals surface area (Å²) in [5.41, 5.74) is 1.24. The summed E-state index contributed by atoms with van der Waals surface area (Å²) in [4.78, 5) is 23.1. The van der Waals surface area contributed by atoms with Crippen molar-refractivity contribution in [2.24, 2.45) is 0 Å². The fourth-order valence-electron chi connectivity index (χ4n) is 1.77. The number of hydrogen-bond acceptors (Lipinski definition) is 2. The number of carboxylic acids is 1. The van der Waals surface area contributed by atoms with Crippen LogP contribution in [-0.2, 0) is 4.79 Å². The highest BCUT2D eigenvalue weighted by Gasteiger charge is 2.20. The highest BCUT2D eigenvalue weighted by atomic mass is 35.5. The smallest absolute Gasteiger partial charge is 0.326 e. The number of amides is 1. The maximum absolute atomic E-state index is 12.0. The van der Waals surface area contributed by atoms with Gasteiger partial charge in [-0.25, -0.2) is 4.79 Å². The molecule has 1 amide bonds. The topological polar surface area (TPSA) is 66.4 Å². The lowest BCUT2D eigenvalue weighted by molar-refractivity contribution is -0.139. The minimum atomic E-state index is -1.01. The molecule has 0 aliphatic rings. The van der Waals surface area contributed by atoms with Gasteiger partial charge in [-0.1, -0.05) is 31.4 Å². The Morgan fingerprint density at radius 3 is 2.58 bits per heavy atom. The number of rotatable bonds is 6. The highest BCUT2D eigenvalue weighted by Crippen LogP contribution is 2.15. The van der Waals surface area contributed by atoms with Crippen LogP contribution in [0.1, 0.15) is 42.1 Å². The van der Waals surface area contributed by atoms with Crippen molar-refractivity contribution in [2.45, 2.75) is 39.2 Å². The van der Waals surface area contributed by atoms with Gasteiger partial charge in [0.1, 0.15) is 6.04 Å². The summed E-state index contributed by atoms with van der Waals surface area (Å²) in [6, 6.07) is 4.10. The molecule has 0 saturated heterocycles. The van der Waals surface area contributed by atoms with Crippen LogP contribution < -0.4 is 5.32 Å². The van der Waals surface area contributed by atoms with E-state index >= 15 is 0 Å². The number of carboxylic acid groups (broad SMARTS) is 1. The molecule has 0 aromatic heterocycles. The van der Waals surface area contributed by atoms with E-state index in [4.69, 9.17) is 16.7 Å². The van der Waals surface area contributed by atoms with Crippen molar-refractivity contribution in [2.75, 3.05) is 0 Å². The molecule has 19 heavy (non-hydrogen) atoms. The summed E-state index contributed by atoms with van der Waals surface area (Å²) in [6.07, 6.45) is 2.07. The number of aryl methyl sites for hydroxylation is 1. The second-order valence-electron chi connectivity index (χ2n) is 4.52. The van der Waals surface area contributed by atoms with Gasteiger partial charge in [0, 0.05) is 10.6 Å². The van der Waals surface area contributed by atoms with Crippen molar-refractivity contribution < 1.29 is 14.7 Å². The van der Waals surface area contributed by atoms with E-state index in [9.17, 15) is 9.59 Å². The van der Waals surface area contributed by atoms with Crippen LogP contribution in [0.15, 0.2) is 18.2 Å². The minimum absolute atomic E-state index is 0.382. The molecule has 1 atom stereocenters. The molecule has 4 nitrogen and oxygen atoms in total. The van der Waals surface area contributed by atoms with Gasteiger partial charge in [0.05, 0.1) is 0 Å². The molecule has 0 aliphatic carbocycles.